The topological polar surface area (TPSA) is 30.0 Å². The molecule has 1 rings (SSSR count). The average molecular weight is 239 g/mol. The van der Waals surface area contributed by atoms with Crippen LogP contribution in [0.1, 0.15) is 33.7 Å². The zero-order chi connectivity index (χ0) is 12.5. The number of hydrogen-bond donors (Lipinski definition) is 0. The lowest BCUT2D eigenvalue weighted by atomic mass is 10.1. The van der Waals surface area contributed by atoms with E-state index in [1.165, 1.54) is 0 Å². The van der Waals surface area contributed by atoms with Gasteiger partial charge in [-0.05, 0) is 18.6 Å². The van der Waals surface area contributed by atoms with Gasteiger partial charge in [0.1, 0.15) is 11.4 Å². The Balaban J connectivity index is 3.49. The first kappa shape index (κ1) is 12.5. The van der Waals surface area contributed by atoms with Crippen LogP contribution < -0.4 is 0 Å². The molecule has 0 unspecified atom stereocenters. The summed E-state index contributed by atoms with van der Waals surface area (Å²) in [6.45, 7) is 0.895. The second kappa shape index (κ2) is 4.15. The number of aldehydes is 1. The van der Waals surface area contributed by atoms with Crippen molar-refractivity contribution in [2.45, 2.75) is 19.5 Å². The third-order valence-electron chi connectivity index (χ3n) is 1.96. The number of halogens is 5. The molecule has 0 N–H and O–H groups in total. The van der Waals surface area contributed by atoms with Crippen molar-refractivity contribution in [3.05, 3.63) is 28.6 Å². The third kappa shape index (κ3) is 2.34. The molecule has 0 amide bonds. The number of hydrogen-bond acceptors (Lipinski definition) is 2. The largest absolute Gasteiger partial charge is 0.433 e. The predicted octanol–water partition coefficient (Wildman–Crippen LogP) is 3.16. The molecule has 1 aromatic heterocycles. The van der Waals surface area contributed by atoms with Gasteiger partial charge in [-0.15, -0.1) is 0 Å². The Labute approximate surface area is 87.1 Å². The van der Waals surface area contributed by atoms with Gasteiger partial charge in [-0.1, -0.05) is 0 Å². The monoisotopic (exact) mass is 239 g/mol. The van der Waals surface area contributed by atoms with E-state index in [1.54, 1.807) is 0 Å². The van der Waals surface area contributed by atoms with Crippen molar-refractivity contribution in [2.75, 3.05) is 0 Å². The highest BCUT2D eigenvalue weighted by Crippen LogP contribution is 2.34. The van der Waals surface area contributed by atoms with Crippen LogP contribution in [0.25, 0.3) is 0 Å². The molecule has 0 saturated heterocycles. The number of rotatable bonds is 2. The van der Waals surface area contributed by atoms with E-state index in [0.717, 1.165) is 6.92 Å². The number of carbonyl (C=O) groups excluding carboxylic acids is 1. The van der Waals surface area contributed by atoms with Gasteiger partial charge in [0.15, 0.2) is 6.29 Å². The first-order valence-corrected chi connectivity index (χ1v) is 4.09. The van der Waals surface area contributed by atoms with Gasteiger partial charge in [-0.25, -0.2) is 13.8 Å². The molecule has 7 heteroatoms. The number of aromatic nitrogens is 1. The predicted molar refractivity (Wildman–Crippen MR) is 44.3 cm³/mol. The van der Waals surface area contributed by atoms with Crippen LogP contribution in [0.5, 0.6) is 0 Å². The highest BCUT2D eigenvalue weighted by molar-refractivity contribution is 5.72. The summed E-state index contributed by atoms with van der Waals surface area (Å²) in [5, 5.41) is 0. The average Bonchev–Trinajstić information content (AvgIpc) is 2.15. The van der Waals surface area contributed by atoms with Crippen LogP contribution in [0.15, 0.2) is 6.07 Å². The summed E-state index contributed by atoms with van der Waals surface area (Å²) in [7, 11) is 0. The Morgan fingerprint density at radius 3 is 2.31 bits per heavy atom. The summed E-state index contributed by atoms with van der Waals surface area (Å²) >= 11 is 0. The summed E-state index contributed by atoms with van der Waals surface area (Å²) in [5.41, 5.74) is -3.60. The molecule has 0 bridgehead atoms. The minimum atomic E-state index is -4.85. The minimum Gasteiger partial charge on any atom is -0.296 e. The zero-order valence-electron chi connectivity index (χ0n) is 7.98. The molecule has 0 saturated carbocycles. The van der Waals surface area contributed by atoms with Crippen molar-refractivity contribution in [1.82, 2.24) is 4.98 Å². The Bertz CT molecular complexity index is 413. The van der Waals surface area contributed by atoms with Crippen LogP contribution in [0.4, 0.5) is 22.0 Å². The van der Waals surface area contributed by atoms with Gasteiger partial charge in [0, 0.05) is 5.56 Å². The van der Waals surface area contributed by atoms with Crippen molar-refractivity contribution in [1.29, 1.82) is 0 Å². The van der Waals surface area contributed by atoms with E-state index in [2.05, 4.69) is 4.98 Å². The molecule has 0 spiro atoms. The first-order valence-electron chi connectivity index (χ1n) is 4.09. The van der Waals surface area contributed by atoms with Crippen molar-refractivity contribution >= 4 is 6.29 Å². The quantitative estimate of drug-likeness (QED) is 0.586. The van der Waals surface area contributed by atoms with Gasteiger partial charge >= 0.3 is 6.18 Å². The Morgan fingerprint density at radius 2 is 1.94 bits per heavy atom. The van der Waals surface area contributed by atoms with Gasteiger partial charge in [-0.3, -0.25) is 4.79 Å². The second-order valence-electron chi connectivity index (χ2n) is 3.03. The fourth-order valence-corrected chi connectivity index (χ4v) is 1.21. The van der Waals surface area contributed by atoms with E-state index in [9.17, 15) is 26.7 Å². The lowest BCUT2D eigenvalue weighted by Crippen LogP contribution is -2.14. The SMILES string of the molecule is Cc1c(C(F)F)cc(C=O)nc1C(F)(F)F. The maximum Gasteiger partial charge on any atom is 0.433 e. The molecule has 0 aliphatic heterocycles. The van der Waals surface area contributed by atoms with E-state index in [0.29, 0.717) is 6.07 Å². The molecule has 0 atom stereocenters. The maximum atomic E-state index is 12.4. The molecule has 0 aliphatic carbocycles. The van der Waals surface area contributed by atoms with Crippen molar-refractivity contribution in [3.63, 3.8) is 0 Å². The molecule has 0 aliphatic rings. The van der Waals surface area contributed by atoms with Crippen LogP contribution >= 0.6 is 0 Å². The maximum absolute atomic E-state index is 12.4. The van der Waals surface area contributed by atoms with Crippen molar-refractivity contribution in [3.8, 4) is 0 Å². The van der Waals surface area contributed by atoms with E-state index < -0.39 is 35.1 Å². The molecule has 0 radical (unpaired) electrons. The summed E-state index contributed by atoms with van der Waals surface area (Å²) in [6.07, 6.45) is -7.93. The highest BCUT2D eigenvalue weighted by Gasteiger charge is 2.36. The van der Waals surface area contributed by atoms with E-state index in [1.807, 2.05) is 0 Å². The number of nitrogens with zero attached hydrogens (tertiary/aromatic N) is 1. The summed E-state index contributed by atoms with van der Waals surface area (Å²) in [6, 6.07) is 0.655. The molecule has 0 aromatic carbocycles. The molecule has 0 fully saturated rings. The van der Waals surface area contributed by atoms with Crippen molar-refractivity contribution < 1.29 is 26.7 Å². The molecule has 1 aromatic rings. The normalized spacial score (nSPS) is 11.9. The van der Waals surface area contributed by atoms with Crippen LogP contribution in [-0.2, 0) is 6.18 Å². The summed E-state index contributed by atoms with van der Waals surface area (Å²) in [5.74, 6) is 0. The number of pyridine rings is 1. The Hall–Kier alpha value is -1.53. The van der Waals surface area contributed by atoms with Gasteiger partial charge < -0.3 is 0 Å². The van der Waals surface area contributed by atoms with Gasteiger partial charge in [0.2, 0.25) is 0 Å². The fourth-order valence-electron chi connectivity index (χ4n) is 1.21. The molecule has 2 nitrogen and oxygen atoms in total. The van der Waals surface area contributed by atoms with Crippen LogP contribution in [-0.4, -0.2) is 11.3 Å². The Morgan fingerprint density at radius 1 is 1.38 bits per heavy atom. The zero-order valence-corrected chi connectivity index (χ0v) is 7.98. The lowest BCUT2D eigenvalue weighted by molar-refractivity contribution is -0.141. The molecule has 88 valence electrons. The van der Waals surface area contributed by atoms with Crippen LogP contribution in [0, 0.1) is 6.92 Å². The summed E-state index contributed by atoms with van der Waals surface area (Å²) < 4.78 is 62.0. The molecule has 16 heavy (non-hydrogen) atoms. The minimum absolute atomic E-state index is 0.000556. The smallest absolute Gasteiger partial charge is 0.296 e. The highest BCUT2D eigenvalue weighted by atomic mass is 19.4. The van der Waals surface area contributed by atoms with Crippen molar-refractivity contribution in [2.24, 2.45) is 0 Å². The lowest BCUT2D eigenvalue weighted by Gasteiger charge is -2.13. The summed E-state index contributed by atoms with van der Waals surface area (Å²) in [4.78, 5) is 13.3. The first-order chi connectivity index (χ1) is 7.27. The van der Waals surface area contributed by atoms with Crippen LogP contribution in [0.3, 0.4) is 0 Å². The number of carbonyl (C=O) groups is 1. The Kier molecular flexibility index (Phi) is 3.25. The van der Waals surface area contributed by atoms with E-state index in [-0.39, 0.29) is 6.29 Å². The van der Waals surface area contributed by atoms with E-state index >= 15 is 0 Å². The number of alkyl halides is 5. The molecular weight excluding hydrogens is 233 g/mol. The third-order valence-corrected chi connectivity index (χ3v) is 1.96. The molecule has 1 heterocycles. The standard InChI is InChI=1S/C9H6F5NO/c1-4-6(8(10)11)2-5(3-16)15-7(4)9(12,13)14/h2-3,8H,1H3. The van der Waals surface area contributed by atoms with Crippen LogP contribution in [0.2, 0.25) is 0 Å². The van der Waals surface area contributed by atoms with Gasteiger partial charge in [0.25, 0.3) is 6.43 Å². The molecular formula is C9H6F5NO. The van der Waals surface area contributed by atoms with Gasteiger partial charge in [-0.2, -0.15) is 13.2 Å². The fraction of sp³-hybridized carbons (Fsp3) is 0.333. The second-order valence-corrected chi connectivity index (χ2v) is 3.03. The van der Waals surface area contributed by atoms with E-state index in [4.69, 9.17) is 0 Å². The van der Waals surface area contributed by atoms with Gasteiger partial charge in [0.05, 0.1) is 0 Å².